The maximum Gasteiger partial charge on any atom is 0.529 e. The van der Waals surface area contributed by atoms with Gasteiger partial charge in [-0.1, -0.05) is 60.7 Å². The van der Waals surface area contributed by atoms with Crippen molar-refractivity contribution in [1.82, 2.24) is 0 Å². The standard InChI is InChI=1S/C16H22O5Si2/c1-17-22(18-2,15-11-7-5-8-12-15)21-23(19-3,20-4)16-13-9-6-10-14-16/h5-14H,1-4H3. The first-order valence-electron chi connectivity index (χ1n) is 7.18. The number of rotatable bonds is 8. The molecule has 0 aliphatic carbocycles. The van der Waals surface area contributed by atoms with Crippen LogP contribution in [0.25, 0.3) is 0 Å². The second-order valence-corrected chi connectivity index (χ2v) is 10.6. The van der Waals surface area contributed by atoms with Gasteiger partial charge in [0.2, 0.25) is 0 Å². The topological polar surface area (TPSA) is 46.2 Å². The first-order chi connectivity index (χ1) is 11.2. The maximum absolute atomic E-state index is 6.38. The first-order valence-corrected chi connectivity index (χ1v) is 10.6. The Hall–Kier alpha value is -1.33. The Morgan fingerprint density at radius 3 is 1.09 bits per heavy atom. The number of hydrogen-bond donors (Lipinski definition) is 0. The third kappa shape index (κ3) is 3.61. The van der Waals surface area contributed by atoms with Crippen LogP contribution in [0.15, 0.2) is 60.7 Å². The number of benzene rings is 2. The molecule has 2 aromatic rings. The molecule has 0 amide bonds. The summed E-state index contributed by atoms with van der Waals surface area (Å²) in [5.74, 6) is 0. The molecule has 0 radical (unpaired) electrons. The molecule has 0 spiro atoms. The zero-order valence-corrected chi connectivity index (χ0v) is 15.8. The normalized spacial score (nSPS) is 12.3. The van der Waals surface area contributed by atoms with E-state index in [-0.39, 0.29) is 0 Å². The van der Waals surface area contributed by atoms with E-state index in [4.69, 9.17) is 21.8 Å². The fourth-order valence-electron chi connectivity index (χ4n) is 2.38. The summed E-state index contributed by atoms with van der Waals surface area (Å²) in [6, 6.07) is 19.2. The minimum Gasteiger partial charge on any atom is -0.374 e. The lowest BCUT2D eigenvalue weighted by atomic mass is 10.4. The highest BCUT2D eigenvalue weighted by Gasteiger charge is 2.54. The molecule has 0 bridgehead atoms. The van der Waals surface area contributed by atoms with Gasteiger partial charge < -0.3 is 21.8 Å². The largest absolute Gasteiger partial charge is 0.529 e. The SMILES string of the molecule is CO[Si](OC)(O[Si](OC)(OC)c1ccccc1)c1ccccc1. The zero-order chi connectivity index (χ0) is 16.8. The average Bonchev–Trinajstić information content (AvgIpc) is 2.65. The summed E-state index contributed by atoms with van der Waals surface area (Å²) in [6.45, 7) is 0. The molecule has 0 saturated heterocycles. The van der Waals surface area contributed by atoms with Gasteiger partial charge in [-0.25, -0.2) is 0 Å². The van der Waals surface area contributed by atoms with Crippen LogP contribution in [0.1, 0.15) is 0 Å². The summed E-state index contributed by atoms with van der Waals surface area (Å²) in [6.07, 6.45) is 0. The van der Waals surface area contributed by atoms with Crippen molar-refractivity contribution in [3.63, 3.8) is 0 Å². The lowest BCUT2D eigenvalue weighted by Gasteiger charge is -2.35. The van der Waals surface area contributed by atoms with Crippen LogP contribution >= 0.6 is 0 Å². The van der Waals surface area contributed by atoms with Crippen LogP contribution in [-0.2, 0) is 21.8 Å². The molecule has 0 heterocycles. The minimum absolute atomic E-state index is 0.854. The summed E-state index contributed by atoms with van der Waals surface area (Å²) in [4.78, 5) is 0. The first kappa shape index (κ1) is 18.0. The molecule has 2 aromatic carbocycles. The quantitative estimate of drug-likeness (QED) is 0.671. The predicted molar refractivity (Wildman–Crippen MR) is 92.8 cm³/mol. The lowest BCUT2D eigenvalue weighted by Crippen LogP contribution is -2.67. The van der Waals surface area contributed by atoms with E-state index >= 15 is 0 Å². The molecule has 5 nitrogen and oxygen atoms in total. The average molecular weight is 351 g/mol. The van der Waals surface area contributed by atoms with Gasteiger partial charge in [0, 0.05) is 38.8 Å². The van der Waals surface area contributed by atoms with E-state index in [0.717, 1.165) is 10.4 Å². The molecule has 23 heavy (non-hydrogen) atoms. The van der Waals surface area contributed by atoms with Crippen LogP contribution < -0.4 is 10.4 Å². The van der Waals surface area contributed by atoms with Gasteiger partial charge >= 0.3 is 17.6 Å². The van der Waals surface area contributed by atoms with Gasteiger partial charge in [-0.15, -0.1) is 0 Å². The van der Waals surface area contributed by atoms with Crippen molar-refractivity contribution in [1.29, 1.82) is 0 Å². The Bertz CT molecular complexity index is 532. The monoisotopic (exact) mass is 350 g/mol. The van der Waals surface area contributed by atoms with E-state index in [9.17, 15) is 0 Å². The summed E-state index contributed by atoms with van der Waals surface area (Å²) in [5.41, 5.74) is 0. The van der Waals surface area contributed by atoms with Crippen LogP contribution in [0.2, 0.25) is 0 Å². The molecule has 0 aliphatic rings. The smallest absolute Gasteiger partial charge is 0.374 e. The summed E-state index contributed by atoms with van der Waals surface area (Å²) >= 11 is 0. The van der Waals surface area contributed by atoms with Crippen molar-refractivity contribution >= 4 is 28.0 Å². The highest BCUT2D eigenvalue weighted by Crippen LogP contribution is 2.18. The molecule has 0 saturated carbocycles. The number of hydrogen-bond acceptors (Lipinski definition) is 5. The van der Waals surface area contributed by atoms with Gasteiger partial charge in [0.1, 0.15) is 0 Å². The molecule has 0 N–H and O–H groups in total. The van der Waals surface area contributed by atoms with Crippen molar-refractivity contribution < 1.29 is 21.8 Å². The van der Waals surface area contributed by atoms with Gasteiger partial charge in [-0.2, -0.15) is 0 Å². The van der Waals surface area contributed by atoms with Crippen LogP contribution in [0.5, 0.6) is 0 Å². The molecule has 7 heteroatoms. The van der Waals surface area contributed by atoms with Gasteiger partial charge in [-0.3, -0.25) is 0 Å². The van der Waals surface area contributed by atoms with Gasteiger partial charge in [0.15, 0.2) is 0 Å². The van der Waals surface area contributed by atoms with Gasteiger partial charge in [0.05, 0.1) is 0 Å². The summed E-state index contributed by atoms with van der Waals surface area (Å²) in [5, 5.41) is 1.71. The van der Waals surface area contributed by atoms with E-state index in [1.807, 2.05) is 60.7 Å². The third-order valence-electron chi connectivity index (χ3n) is 3.60. The van der Waals surface area contributed by atoms with E-state index in [0.29, 0.717) is 0 Å². The van der Waals surface area contributed by atoms with Crippen molar-refractivity contribution in [2.75, 3.05) is 28.4 Å². The molecule has 0 unspecified atom stereocenters. The molecule has 0 aromatic heterocycles. The predicted octanol–water partition coefficient (Wildman–Crippen LogP) is 1.28. The fraction of sp³-hybridized carbons (Fsp3) is 0.250. The Morgan fingerprint density at radius 1 is 0.522 bits per heavy atom. The second-order valence-electron chi connectivity index (χ2n) is 4.76. The van der Waals surface area contributed by atoms with Crippen LogP contribution in [-0.4, -0.2) is 46.0 Å². The fourth-order valence-corrected chi connectivity index (χ4v) is 8.55. The Morgan fingerprint density at radius 2 is 0.826 bits per heavy atom. The van der Waals surface area contributed by atoms with E-state index in [1.54, 1.807) is 28.4 Å². The van der Waals surface area contributed by atoms with Crippen LogP contribution in [0.3, 0.4) is 0 Å². The molecule has 0 atom stereocenters. The molecule has 0 fully saturated rings. The summed E-state index contributed by atoms with van der Waals surface area (Å²) < 4.78 is 29.3. The van der Waals surface area contributed by atoms with E-state index < -0.39 is 17.6 Å². The Labute approximate surface area is 139 Å². The van der Waals surface area contributed by atoms with Crippen molar-refractivity contribution in [3.8, 4) is 0 Å². The third-order valence-corrected chi connectivity index (χ3v) is 9.98. The lowest BCUT2D eigenvalue weighted by molar-refractivity contribution is 0.107. The Kier molecular flexibility index (Phi) is 6.25. The molecule has 124 valence electrons. The van der Waals surface area contributed by atoms with Crippen LogP contribution in [0.4, 0.5) is 0 Å². The zero-order valence-electron chi connectivity index (χ0n) is 13.8. The molecular formula is C16H22O5Si2. The van der Waals surface area contributed by atoms with Crippen LogP contribution in [0, 0.1) is 0 Å². The van der Waals surface area contributed by atoms with Crippen molar-refractivity contribution in [2.45, 2.75) is 0 Å². The van der Waals surface area contributed by atoms with Crippen molar-refractivity contribution in [2.24, 2.45) is 0 Å². The molecule has 0 aliphatic heterocycles. The maximum atomic E-state index is 6.38. The highest BCUT2D eigenvalue weighted by atomic mass is 28.5. The minimum atomic E-state index is -3.17. The summed E-state index contributed by atoms with van der Waals surface area (Å²) in [7, 11) is -0.00975. The Balaban J connectivity index is 2.48. The highest BCUT2D eigenvalue weighted by molar-refractivity contribution is 6.88. The second kappa shape index (κ2) is 7.98. The molecular weight excluding hydrogens is 328 g/mol. The van der Waals surface area contributed by atoms with E-state index in [1.165, 1.54) is 0 Å². The van der Waals surface area contributed by atoms with E-state index in [2.05, 4.69) is 0 Å². The van der Waals surface area contributed by atoms with Gasteiger partial charge in [-0.05, 0) is 0 Å². The van der Waals surface area contributed by atoms with Crippen molar-refractivity contribution in [3.05, 3.63) is 60.7 Å². The van der Waals surface area contributed by atoms with Gasteiger partial charge in [0.25, 0.3) is 0 Å². The molecule has 2 rings (SSSR count).